The van der Waals surface area contributed by atoms with E-state index in [1.807, 2.05) is 0 Å². The lowest BCUT2D eigenvalue weighted by atomic mass is 9.80. The molecule has 0 unspecified atom stereocenters. The standard InChI is InChI=1S/C13H24N4/c1-2-3-10-4-6-11(7-5-10)13-15-12(8-9-14)16-17-13/h10-11H,2-9,14H2,1H3,(H,15,16,17). The molecular formula is C13H24N4. The van der Waals surface area contributed by atoms with Gasteiger partial charge in [-0.15, -0.1) is 0 Å². The van der Waals surface area contributed by atoms with Gasteiger partial charge >= 0.3 is 0 Å². The number of hydrogen-bond donors (Lipinski definition) is 2. The molecule has 1 fully saturated rings. The van der Waals surface area contributed by atoms with Gasteiger partial charge in [0.1, 0.15) is 5.82 Å². The van der Waals surface area contributed by atoms with Gasteiger partial charge in [-0.3, -0.25) is 5.10 Å². The van der Waals surface area contributed by atoms with E-state index in [-0.39, 0.29) is 0 Å². The molecule has 1 heterocycles. The van der Waals surface area contributed by atoms with E-state index in [1.54, 1.807) is 0 Å². The number of rotatable bonds is 5. The van der Waals surface area contributed by atoms with Gasteiger partial charge in [-0.25, -0.2) is 4.98 Å². The Bertz CT molecular complexity index is 326. The van der Waals surface area contributed by atoms with Gasteiger partial charge in [-0.05, 0) is 38.1 Å². The third-order valence-corrected chi connectivity index (χ3v) is 3.84. The molecule has 0 amide bonds. The molecule has 4 heteroatoms. The number of aromatic amines is 1. The maximum atomic E-state index is 5.51. The van der Waals surface area contributed by atoms with E-state index in [0.29, 0.717) is 12.5 Å². The molecule has 1 aromatic rings. The van der Waals surface area contributed by atoms with Crippen molar-refractivity contribution < 1.29 is 0 Å². The molecule has 0 saturated heterocycles. The first kappa shape index (κ1) is 12.6. The molecule has 96 valence electrons. The Labute approximate surface area is 103 Å². The second-order valence-electron chi connectivity index (χ2n) is 5.19. The molecular weight excluding hydrogens is 212 g/mol. The van der Waals surface area contributed by atoms with Gasteiger partial charge in [0.15, 0.2) is 5.82 Å². The Morgan fingerprint density at radius 2 is 2.06 bits per heavy atom. The van der Waals surface area contributed by atoms with Crippen LogP contribution in [-0.2, 0) is 6.42 Å². The van der Waals surface area contributed by atoms with Crippen molar-refractivity contribution in [1.82, 2.24) is 15.2 Å². The van der Waals surface area contributed by atoms with Crippen molar-refractivity contribution in [3.05, 3.63) is 11.6 Å². The molecule has 0 aromatic carbocycles. The highest BCUT2D eigenvalue weighted by Gasteiger charge is 2.24. The summed E-state index contributed by atoms with van der Waals surface area (Å²) < 4.78 is 0. The number of hydrogen-bond acceptors (Lipinski definition) is 3. The van der Waals surface area contributed by atoms with Gasteiger partial charge in [-0.2, -0.15) is 5.10 Å². The molecule has 1 aromatic heterocycles. The van der Waals surface area contributed by atoms with Crippen LogP contribution in [0.15, 0.2) is 0 Å². The molecule has 0 spiro atoms. The van der Waals surface area contributed by atoms with Crippen molar-refractivity contribution in [2.45, 2.75) is 57.8 Å². The fraction of sp³-hybridized carbons (Fsp3) is 0.846. The summed E-state index contributed by atoms with van der Waals surface area (Å²) >= 11 is 0. The summed E-state index contributed by atoms with van der Waals surface area (Å²) in [5, 5.41) is 7.34. The fourth-order valence-corrected chi connectivity index (χ4v) is 2.86. The minimum Gasteiger partial charge on any atom is -0.330 e. The molecule has 0 bridgehead atoms. The number of H-pyrrole nitrogens is 1. The summed E-state index contributed by atoms with van der Waals surface area (Å²) in [6.45, 7) is 2.92. The molecule has 1 saturated carbocycles. The van der Waals surface area contributed by atoms with Gasteiger partial charge < -0.3 is 5.73 Å². The summed E-state index contributed by atoms with van der Waals surface area (Å²) in [5.74, 6) is 3.48. The first-order valence-corrected chi connectivity index (χ1v) is 6.94. The SMILES string of the molecule is CCCC1CCC(c2n[nH]c(CCN)n2)CC1. The highest BCUT2D eigenvalue weighted by Crippen LogP contribution is 2.35. The molecule has 4 nitrogen and oxygen atoms in total. The average Bonchev–Trinajstić information content (AvgIpc) is 2.80. The van der Waals surface area contributed by atoms with Gasteiger partial charge in [0, 0.05) is 12.3 Å². The van der Waals surface area contributed by atoms with Crippen LogP contribution in [0.3, 0.4) is 0 Å². The van der Waals surface area contributed by atoms with E-state index in [1.165, 1.54) is 38.5 Å². The van der Waals surface area contributed by atoms with E-state index in [2.05, 4.69) is 22.1 Å². The van der Waals surface area contributed by atoms with Crippen molar-refractivity contribution in [1.29, 1.82) is 0 Å². The lowest BCUT2D eigenvalue weighted by Crippen LogP contribution is -2.14. The predicted molar refractivity (Wildman–Crippen MR) is 68.7 cm³/mol. The zero-order valence-electron chi connectivity index (χ0n) is 10.8. The molecule has 0 atom stereocenters. The van der Waals surface area contributed by atoms with Crippen LogP contribution in [0.2, 0.25) is 0 Å². The Balaban J connectivity index is 1.86. The largest absolute Gasteiger partial charge is 0.330 e. The lowest BCUT2D eigenvalue weighted by molar-refractivity contribution is 0.302. The van der Waals surface area contributed by atoms with Crippen molar-refractivity contribution in [3.8, 4) is 0 Å². The smallest absolute Gasteiger partial charge is 0.153 e. The highest BCUT2D eigenvalue weighted by atomic mass is 15.2. The van der Waals surface area contributed by atoms with Gasteiger partial charge in [0.05, 0.1) is 0 Å². The summed E-state index contributed by atoms with van der Waals surface area (Å²) in [4.78, 5) is 4.55. The summed E-state index contributed by atoms with van der Waals surface area (Å²) in [6, 6.07) is 0. The van der Waals surface area contributed by atoms with Gasteiger partial charge in [0.2, 0.25) is 0 Å². The highest BCUT2D eigenvalue weighted by molar-refractivity contribution is 5.00. The molecule has 3 N–H and O–H groups in total. The third-order valence-electron chi connectivity index (χ3n) is 3.84. The topological polar surface area (TPSA) is 67.6 Å². The number of nitrogens with two attached hydrogens (primary N) is 1. The van der Waals surface area contributed by atoms with E-state index in [9.17, 15) is 0 Å². The summed E-state index contributed by atoms with van der Waals surface area (Å²) in [6.07, 6.45) is 8.71. The Kier molecular flexibility index (Phi) is 4.54. The molecule has 0 aliphatic heterocycles. The van der Waals surface area contributed by atoms with Crippen molar-refractivity contribution in [2.24, 2.45) is 11.7 Å². The Morgan fingerprint density at radius 1 is 1.29 bits per heavy atom. The van der Waals surface area contributed by atoms with Gasteiger partial charge in [-0.1, -0.05) is 19.8 Å². The predicted octanol–water partition coefficient (Wildman–Crippen LogP) is 2.38. The fourth-order valence-electron chi connectivity index (χ4n) is 2.86. The first-order valence-electron chi connectivity index (χ1n) is 6.94. The van der Waals surface area contributed by atoms with Crippen LogP contribution in [0.25, 0.3) is 0 Å². The molecule has 2 rings (SSSR count). The quantitative estimate of drug-likeness (QED) is 0.824. The van der Waals surface area contributed by atoms with E-state index >= 15 is 0 Å². The number of nitrogens with zero attached hydrogens (tertiary/aromatic N) is 2. The monoisotopic (exact) mass is 236 g/mol. The molecule has 1 aliphatic carbocycles. The van der Waals surface area contributed by atoms with Crippen LogP contribution in [-0.4, -0.2) is 21.7 Å². The number of nitrogens with one attached hydrogen (secondary N) is 1. The van der Waals surface area contributed by atoms with Crippen molar-refractivity contribution in [2.75, 3.05) is 6.54 Å². The lowest BCUT2D eigenvalue weighted by Gasteiger charge is -2.26. The summed E-state index contributed by atoms with van der Waals surface area (Å²) in [5.41, 5.74) is 5.51. The van der Waals surface area contributed by atoms with Crippen molar-refractivity contribution in [3.63, 3.8) is 0 Å². The van der Waals surface area contributed by atoms with Crippen molar-refractivity contribution >= 4 is 0 Å². The maximum absolute atomic E-state index is 5.51. The third kappa shape index (κ3) is 3.28. The molecule has 0 radical (unpaired) electrons. The second kappa shape index (κ2) is 6.15. The van der Waals surface area contributed by atoms with Crippen LogP contribution in [0.5, 0.6) is 0 Å². The van der Waals surface area contributed by atoms with Crippen LogP contribution < -0.4 is 5.73 Å². The van der Waals surface area contributed by atoms with E-state index < -0.39 is 0 Å². The zero-order valence-corrected chi connectivity index (χ0v) is 10.8. The number of aromatic nitrogens is 3. The van der Waals surface area contributed by atoms with Crippen LogP contribution >= 0.6 is 0 Å². The maximum Gasteiger partial charge on any atom is 0.153 e. The van der Waals surface area contributed by atoms with Crippen LogP contribution in [0, 0.1) is 5.92 Å². The average molecular weight is 236 g/mol. The molecule has 1 aliphatic rings. The van der Waals surface area contributed by atoms with E-state index in [0.717, 1.165) is 24.0 Å². The first-order chi connectivity index (χ1) is 8.33. The Morgan fingerprint density at radius 3 is 2.71 bits per heavy atom. The minimum absolute atomic E-state index is 0.575. The van der Waals surface area contributed by atoms with E-state index in [4.69, 9.17) is 5.73 Å². The van der Waals surface area contributed by atoms with Crippen LogP contribution in [0.4, 0.5) is 0 Å². The summed E-state index contributed by atoms with van der Waals surface area (Å²) in [7, 11) is 0. The zero-order chi connectivity index (χ0) is 12.1. The normalized spacial score (nSPS) is 25.1. The second-order valence-corrected chi connectivity index (χ2v) is 5.19. The van der Waals surface area contributed by atoms with Gasteiger partial charge in [0.25, 0.3) is 0 Å². The minimum atomic E-state index is 0.575. The Hall–Kier alpha value is -0.900. The van der Waals surface area contributed by atoms with Crippen LogP contribution in [0.1, 0.15) is 63.0 Å². The molecule has 17 heavy (non-hydrogen) atoms.